The number of pyridine rings is 1. The summed E-state index contributed by atoms with van der Waals surface area (Å²) in [6, 6.07) is 13.3. The molecule has 1 N–H and O–H groups in total. The Morgan fingerprint density at radius 1 is 1.12 bits per heavy atom. The van der Waals surface area contributed by atoms with Gasteiger partial charge in [0.25, 0.3) is 0 Å². The highest BCUT2D eigenvalue weighted by Gasteiger charge is 2.03. The summed E-state index contributed by atoms with van der Waals surface area (Å²) in [6.07, 6.45) is 3.57. The van der Waals surface area contributed by atoms with Crippen LogP contribution in [0.5, 0.6) is 11.5 Å². The van der Waals surface area contributed by atoms with Crippen LogP contribution in [0.2, 0.25) is 5.02 Å². The second-order valence-corrected chi connectivity index (χ2v) is 6.03. The van der Waals surface area contributed by atoms with Gasteiger partial charge >= 0.3 is 0 Å². The van der Waals surface area contributed by atoms with Crippen LogP contribution in [0.3, 0.4) is 0 Å². The Bertz CT molecular complexity index is 928. The highest BCUT2D eigenvalue weighted by molar-refractivity contribution is 6.31. The Kier molecular flexibility index (Phi) is 5.92. The van der Waals surface area contributed by atoms with Gasteiger partial charge in [-0.25, -0.2) is 0 Å². The van der Waals surface area contributed by atoms with Gasteiger partial charge in [-0.2, -0.15) is 0 Å². The highest BCUT2D eigenvalue weighted by atomic mass is 35.5. The summed E-state index contributed by atoms with van der Waals surface area (Å²) in [4.78, 5) is 8.82. The number of ether oxygens (including phenoxy) is 2. The van der Waals surface area contributed by atoms with Crippen LogP contribution in [0.1, 0.15) is 5.56 Å². The molecule has 0 aliphatic heterocycles. The van der Waals surface area contributed by atoms with Gasteiger partial charge < -0.3 is 14.8 Å². The number of nitrogens with one attached hydrogen (secondary N) is 1. The first-order valence-electron chi connectivity index (χ1n) is 8.21. The molecule has 1 heterocycles. The van der Waals surface area contributed by atoms with Crippen LogP contribution in [0, 0.1) is 0 Å². The molecule has 0 aliphatic carbocycles. The zero-order valence-corrected chi connectivity index (χ0v) is 15.5. The number of anilines is 1. The Morgan fingerprint density at radius 2 is 2.00 bits per heavy atom. The van der Waals surface area contributed by atoms with Crippen LogP contribution < -0.4 is 14.8 Å². The lowest BCUT2D eigenvalue weighted by Crippen LogP contribution is -2.05. The number of hydrogen-bond acceptors (Lipinski definition) is 5. The van der Waals surface area contributed by atoms with Crippen LogP contribution >= 0.6 is 11.6 Å². The molecule has 3 aromatic rings. The number of rotatable bonds is 7. The Hall–Kier alpha value is -2.79. The summed E-state index contributed by atoms with van der Waals surface area (Å²) >= 11 is 6.02. The van der Waals surface area contributed by atoms with Crippen molar-refractivity contribution in [2.75, 3.05) is 32.6 Å². The van der Waals surface area contributed by atoms with Gasteiger partial charge in [0.15, 0.2) is 0 Å². The molecular formula is C20H20ClN3O2. The molecule has 2 aromatic carbocycles. The third-order valence-electron chi connectivity index (χ3n) is 3.93. The van der Waals surface area contributed by atoms with Crippen molar-refractivity contribution in [2.45, 2.75) is 0 Å². The summed E-state index contributed by atoms with van der Waals surface area (Å²) in [5, 5.41) is 5.11. The fraction of sp³-hybridized carbons (Fsp3) is 0.200. The van der Waals surface area contributed by atoms with E-state index in [0.29, 0.717) is 18.1 Å². The van der Waals surface area contributed by atoms with Gasteiger partial charge in [0.05, 0.1) is 26.3 Å². The maximum Gasteiger partial charge on any atom is 0.127 e. The molecule has 1 aromatic heterocycles. The van der Waals surface area contributed by atoms with E-state index in [9.17, 15) is 0 Å². The molecular weight excluding hydrogens is 350 g/mol. The van der Waals surface area contributed by atoms with Crippen molar-refractivity contribution in [3.05, 3.63) is 59.2 Å². The van der Waals surface area contributed by atoms with Gasteiger partial charge in [-0.3, -0.25) is 9.98 Å². The second-order valence-electron chi connectivity index (χ2n) is 5.59. The Labute approximate surface area is 157 Å². The number of benzene rings is 2. The van der Waals surface area contributed by atoms with Gasteiger partial charge in [0.2, 0.25) is 0 Å². The van der Waals surface area contributed by atoms with Gasteiger partial charge in [-0.05, 0) is 42.5 Å². The number of hydrogen-bond donors (Lipinski definition) is 1. The first kappa shape index (κ1) is 18.0. The molecule has 0 unspecified atom stereocenters. The zero-order chi connectivity index (χ0) is 18.4. The number of aliphatic imine (C=N–C) groups is 1. The molecule has 6 heteroatoms. The summed E-state index contributed by atoms with van der Waals surface area (Å²) in [6.45, 7) is 1.32. The fourth-order valence-corrected chi connectivity index (χ4v) is 2.80. The molecule has 0 fully saturated rings. The molecule has 3 rings (SSSR count). The number of methoxy groups -OCH3 is 2. The lowest BCUT2D eigenvalue weighted by Gasteiger charge is -2.09. The van der Waals surface area contributed by atoms with Crippen molar-refractivity contribution in [2.24, 2.45) is 4.99 Å². The molecule has 0 amide bonds. The smallest absolute Gasteiger partial charge is 0.127 e. The summed E-state index contributed by atoms with van der Waals surface area (Å²) < 4.78 is 10.6. The third-order valence-corrected chi connectivity index (χ3v) is 4.16. The van der Waals surface area contributed by atoms with Gasteiger partial charge in [0, 0.05) is 40.6 Å². The van der Waals surface area contributed by atoms with E-state index in [1.165, 1.54) is 0 Å². The molecule has 26 heavy (non-hydrogen) atoms. The van der Waals surface area contributed by atoms with Crippen LogP contribution in [0.25, 0.3) is 10.9 Å². The van der Waals surface area contributed by atoms with Crippen molar-refractivity contribution in [1.29, 1.82) is 0 Å². The molecule has 0 saturated carbocycles. The van der Waals surface area contributed by atoms with Crippen LogP contribution in [0.4, 0.5) is 5.69 Å². The van der Waals surface area contributed by atoms with Crippen LogP contribution in [-0.4, -0.2) is 38.5 Å². The van der Waals surface area contributed by atoms with E-state index in [4.69, 9.17) is 21.1 Å². The lowest BCUT2D eigenvalue weighted by atomic mass is 10.2. The van der Waals surface area contributed by atoms with Crippen LogP contribution in [-0.2, 0) is 0 Å². The van der Waals surface area contributed by atoms with Gasteiger partial charge in [-0.1, -0.05) is 11.6 Å². The van der Waals surface area contributed by atoms with E-state index >= 15 is 0 Å². The molecule has 0 spiro atoms. The van der Waals surface area contributed by atoms with Gasteiger partial charge in [-0.15, -0.1) is 0 Å². The SMILES string of the molecule is COc1ccc(OC)c(C=NCCNc2ccnc3cc(Cl)ccc23)c1. The van der Waals surface area contributed by atoms with E-state index in [0.717, 1.165) is 33.7 Å². The van der Waals surface area contributed by atoms with Crippen molar-refractivity contribution < 1.29 is 9.47 Å². The molecule has 5 nitrogen and oxygen atoms in total. The van der Waals surface area contributed by atoms with E-state index in [2.05, 4.69) is 15.3 Å². The lowest BCUT2D eigenvalue weighted by molar-refractivity contribution is 0.402. The van der Waals surface area contributed by atoms with E-state index in [-0.39, 0.29) is 0 Å². The standard InChI is InChI=1S/C20H20ClN3O2/c1-25-16-4-6-20(26-2)14(11-16)13-22-9-10-24-18-7-8-23-19-12-15(21)3-5-17(18)19/h3-8,11-13H,9-10H2,1-2H3,(H,23,24). The largest absolute Gasteiger partial charge is 0.497 e. The topological polar surface area (TPSA) is 55.7 Å². The second kappa shape index (κ2) is 8.54. The minimum atomic E-state index is 0.623. The molecule has 0 atom stereocenters. The Balaban J connectivity index is 1.64. The quantitative estimate of drug-likeness (QED) is 0.494. The monoisotopic (exact) mass is 369 g/mol. The molecule has 0 bridgehead atoms. The average Bonchev–Trinajstić information content (AvgIpc) is 2.67. The average molecular weight is 370 g/mol. The number of nitrogens with zero attached hydrogens (tertiary/aromatic N) is 2. The molecule has 0 aliphatic rings. The molecule has 0 saturated heterocycles. The maximum absolute atomic E-state index is 6.02. The van der Waals surface area contributed by atoms with Crippen molar-refractivity contribution >= 4 is 34.4 Å². The van der Waals surface area contributed by atoms with Crippen molar-refractivity contribution in [1.82, 2.24) is 4.98 Å². The minimum absolute atomic E-state index is 0.623. The van der Waals surface area contributed by atoms with Crippen molar-refractivity contribution in [3.63, 3.8) is 0 Å². The highest BCUT2D eigenvalue weighted by Crippen LogP contribution is 2.24. The van der Waals surface area contributed by atoms with Crippen LogP contribution in [0.15, 0.2) is 53.7 Å². The minimum Gasteiger partial charge on any atom is -0.497 e. The summed E-state index contributed by atoms with van der Waals surface area (Å²) in [5.41, 5.74) is 2.77. The van der Waals surface area contributed by atoms with E-state index < -0.39 is 0 Å². The summed E-state index contributed by atoms with van der Waals surface area (Å²) in [5.74, 6) is 1.53. The first-order chi connectivity index (χ1) is 12.7. The zero-order valence-electron chi connectivity index (χ0n) is 14.7. The Morgan fingerprint density at radius 3 is 2.81 bits per heavy atom. The predicted octanol–water partition coefficient (Wildman–Crippen LogP) is 4.44. The number of halogens is 1. The van der Waals surface area contributed by atoms with E-state index in [1.54, 1.807) is 26.6 Å². The molecule has 134 valence electrons. The maximum atomic E-state index is 6.02. The normalized spacial score (nSPS) is 11.0. The third kappa shape index (κ3) is 4.24. The first-order valence-corrected chi connectivity index (χ1v) is 8.59. The molecule has 0 radical (unpaired) electrons. The fourth-order valence-electron chi connectivity index (χ4n) is 2.63. The predicted molar refractivity (Wildman–Crippen MR) is 107 cm³/mol. The summed E-state index contributed by atoms with van der Waals surface area (Å²) in [7, 11) is 3.28. The number of aromatic nitrogens is 1. The number of fused-ring (bicyclic) bond motifs is 1. The van der Waals surface area contributed by atoms with Crippen molar-refractivity contribution in [3.8, 4) is 11.5 Å². The van der Waals surface area contributed by atoms with Gasteiger partial charge in [0.1, 0.15) is 11.5 Å². The van der Waals surface area contributed by atoms with E-state index in [1.807, 2.05) is 42.5 Å².